The number of fused-ring (bicyclic) bond motifs is 1. The summed E-state index contributed by atoms with van der Waals surface area (Å²) in [5, 5.41) is 10.9. The predicted octanol–water partition coefficient (Wildman–Crippen LogP) is 1.85. The van der Waals surface area contributed by atoms with Crippen molar-refractivity contribution in [2.75, 3.05) is 13.2 Å². The summed E-state index contributed by atoms with van der Waals surface area (Å²) < 4.78 is 63.5. The molecule has 0 aliphatic carbocycles. The molecule has 7 nitrogen and oxygen atoms in total. The fourth-order valence-electron chi connectivity index (χ4n) is 3.05. The van der Waals surface area contributed by atoms with E-state index in [1.165, 1.54) is 0 Å². The number of halogens is 4. The average molecular weight is 349 g/mol. The maximum absolute atomic E-state index is 14.3. The van der Waals surface area contributed by atoms with Crippen LogP contribution < -0.4 is 5.73 Å². The van der Waals surface area contributed by atoms with E-state index in [4.69, 9.17) is 15.2 Å². The lowest BCUT2D eigenvalue weighted by Gasteiger charge is -2.36. The number of hydrogen-bond donors (Lipinski definition) is 1. The molecule has 130 valence electrons. The summed E-state index contributed by atoms with van der Waals surface area (Å²) in [6, 6.07) is 2.14. The van der Waals surface area contributed by atoms with Crippen molar-refractivity contribution in [3.8, 4) is 0 Å². The van der Waals surface area contributed by atoms with Crippen molar-refractivity contribution in [3.05, 3.63) is 39.7 Å². The number of nitro benzene ring substituents is 1. The highest BCUT2D eigenvalue weighted by Gasteiger charge is 2.62. The summed E-state index contributed by atoms with van der Waals surface area (Å²) in [5.74, 6) is -2.35. The number of amidine groups is 1. The molecule has 11 heteroatoms. The molecule has 0 amide bonds. The molecule has 0 unspecified atom stereocenters. The number of nitro groups is 1. The molecule has 1 aromatic rings. The number of rotatable bonds is 2. The Hall–Kier alpha value is -2.43. The second kappa shape index (κ2) is 5.30. The van der Waals surface area contributed by atoms with Gasteiger partial charge in [-0.2, -0.15) is 13.2 Å². The molecule has 3 atom stereocenters. The number of non-ortho nitro benzene ring substituents is 1. The number of hydrogen-bond acceptors (Lipinski definition) is 6. The van der Waals surface area contributed by atoms with Crippen LogP contribution in [0.2, 0.25) is 0 Å². The van der Waals surface area contributed by atoms with Crippen LogP contribution in [0.4, 0.5) is 23.2 Å². The molecule has 1 fully saturated rings. The Morgan fingerprint density at radius 2 is 2.12 bits per heavy atom. The molecule has 0 radical (unpaired) electrons. The van der Waals surface area contributed by atoms with Crippen LogP contribution in [0.1, 0.15) is 5.56 Å². The summed E-state index contributed by atoms with van der Waals surface area (Å²) in [7, 11) is 0. The van der Waals surface area contributed by atoms with Crippen molar-refractivity contribution < 1.29 is 32.0 Å². The van der Waals surface area contributed by atoms with Crippen LogP contribution in [0.15, 0.2) is 23.2 Å². The summed E-state index contributed by atoms with van der Waals surface area (Å²) in [4.78, 5) is 14.0. The highest BCUT2D eigenvalue weighted by atomic mass is 19.4. The van der Waals surface area contributed by atoms with Crippen molar-refractivity contribution in [2.45, 2.75) is 17.8 Å². The first-order valence-electron chi connectivity index (χ1n) is 6.76. The lowest BCUT2D eigenvalue weighted by Crippen LogP contribution is -2.48. The van der Waals surface area contributed by atoms with Gasteiger partial charge in [-0.25, -0.2) is 9.38 Å². The number of ether oxygens (including phenoxy) is 2. The van der Waals surface area contributed by atoms with Crippen LogP contribution >= 0.6 is 0 Å². The molecule has 3 rings (SSSR count). The minimum Gasteiger partial charge on any atom is -0.465 e. The molecular formula is C13H11F4N3O4. The third-order valence-electron chi connectivity index (χ3n) is 4.13. The van der Waals surface area contributed by atoms with Crippen LogP contribution in [0.3, 0.4) is 0 Å². The zero-order valence-electron chi connectivity index (χ0n) is 11.9. The molecule has 0 saturated carbocycles. The number of nitrogens with two attached hydrogens (primary N) is 1. The van der Waals surface area contributed by atoms with Crippen molar-refractivity contribution in [1.29, 1.82) is 0 Å². The Kier molecular flexibility index (Phi) is 3.62. The van der Waals surface area contributed by atoms with Gasteiger partial charge in [0.15, 0.2) is 6.10 Å². The minimum atomic E-state index is -4.73. The van der Waals surface area contributed by atoms with Gasteiger partial charge in [0.1, 0.15) is 11.4 Å². The number of benzene rings is 1. The maximum atomic E-state index is 14.3. The second-order valence-corrected chi connectivity index (χ2v) is 5.49. The van der Waals surface area contributed by atoms with Crippen LogP contribution in [0, 0.1) is 21.8 Å². The van der Waals surface area contributed by atoms with Gasteiger partial charge in [0.2, 0.25) is 0 Å². The van der Waals surface area contributed by atoms with Crippen LogP contribution in [0.25, 0.3) is 0 Å². The Balaban J connectivity index is 2.17. The topological polar surface area (TPSA) is 100.0 Å². The van der Waals surface area contributed by atoms with E-state index in [1.54, 1.807) is 0 Å². The molecular weight excluding hydrogens is 338 g/mol. The monoisotopic (exact) mass is 349 g/mol. The zero-order valence-corrected chi connectivity index (χ0v) is 11.9. The molecule has 0 spiro atoms. The second-order valence-electron chi connectivity index (χ2n) is 5.49. The van der Waals surface area contributed by atoms with Crippen molar-refractivity contribution in [2.24, 2.45) is 16.6 Å². The SMILES string of the molecule is NC1=N[C@@]2(c3cc([N+](=O)[O-])ccc3F)CO[C@H](C(F)(F)F)[C@H]2CO1. The van der Waals surface area contributed by atoms with E-state index in [9.17, 15) is 27.7 Å². The fourth-order valence-corrected chi connectivity index (χ4v) is 3.05. The van der Waals surface area contributed by atoms with Gasteiger partial charge >= 0.3 is 6.18 Å². The van der Waals surface area contributed by atoms with Gasteiger partial charge in [-0.05, 0) is 6.07 Å². The van der Waals surface area contributed by atoms with Gasteiger partial charge in [-0.15, -0.1) is 0 Å². The van der Waals surface area contributed by atoms with Gasteiger partial charge in [-0.1, -0.05) is 0 Å². The van der Waals surface area contributed by atoms with E-state index >= 15 is 0 Å². The number of alkyl halides is 3. The van der Waals surface area contributed by atoms with E-state index in [-0.39, 0.29) is 5.56 Å². The van der Waals surface area contributed by atoms with Crippen molar-refractivity contribution >= 4 is 11.7 Å². The third-order valence-corrected chi connectivity index (χ3v) is 4.13. The Morgan fingerprint density at radius 3 is 2.75 bits per heavy atom. The first-order valence-corrected chi connectivity index (χ1v) is 6.76. The van der Waals surface area contributed by atoms with Gasteiger partial charge in [0.05, 0.1) is 24.1 Å². The standard InChI is InChI=1S/C13H11F4N3O4/c14-9-2-1-6(20(21)22)3-7(9)12-5-24-10(13(15,16)17)8(12)4-23-11(18)19-12/h1-3,8,10H,4-5H2,(H2,18,19)/t8-,10+,12-/m1/s1. The van der Waals surface area contributed by atoms with E-state index in [0.717, 1.165) is 18.2 Å². The van der Waals surface area contributed by atoms with Gasteiger partial charge in [0.25, 0.3) is 11.7 Å². The zero-order chi connectivity index (χ0) is 17.7. The summed E-state index contributed by atoms with van der Waals surface area (Å²) >= 11 is 0. The van der Waals surface area contributed by atoms with Crippen LogP contribution in [-0.2, 0) is 15.0 Å². The van der Waals surface area contributed by atoms with E-state index < -0.39 is 59.4 Å². The molecule has 1 aromatic carbocycles. The molecule has 24 heavy (non-hydrogen) atoms. The lowest BCUT2D eigenvalue weighted by molar-refractivity contribution is -0.385. The third kappa shape index (κ3) is 2.44. The van der Waals surface area contributed by atoms with Crippen LogP contribution in [-0.4, -0.2) is 36.4 Å². The van der Waals surface area contributed by atoms with Crippen LogP contribution in [0.5, 0.6) is 0 Å². The average Bonchev–Trinajstić information content (AvgIpc) is 2.86. The number of nitrogens with zero attached hydrogens (tertiary/aromatic N) is 2. The molecule has 1 saturated heterocycles. The minimum absolute atomic E-state index is 0.375. The normalized spacial score (nSPS) is 29.6. The van der Waals surface area contributed by atoms with E-state index in [1.807, 2.05) is 0 Å². The summed E-state index contributed by atoms with van der Waals surface area (Å²) in [6.45, 7) is -1.12. The molecule has 2 heterocycles. The molecule has 2 aliphatic rings. The molecule has 0 bridgehead atoms. The Bertz CT molecular complexity index is 724. The van der Waals surface area contributed by atoms with Crippen molar-refractivity contribution in [1.82, 2.24) is 0 Å². The van der Waals surface area contributed by atoms with E-state index in [2.05, 4.69) is 4.99 Å². The smallest absolute Gasteiger partial charge is 0.415 e. The molecule has 0 aromatic heterocycles. The quantitative estimate of drug-likeness (QED) is 0.499. The maximum Gasteiger partial charge on any atom is 0.415 e. The summed E-state index contributed by atoms with van der Waals surface area (Å²) in [5.41, 5.74) is 2.76. The Labute approximate surface area is 132 Å². The first kappa shape index (κ1) is 16.4. The van der Waals surface area contributed by atoms with Gasteiger partial charge < -0.3 is 15.2 Å². The first-order chi connectivity index (χ1) is 11.1. The number of aliphatic imine (C=N–C) groups is 1. The molecule has 2 N–H and O–H groups in total. The lowest BCUT2D eigenvalue weighted by atomic mass is 9.77. The van der Waals surface area contributed by atoms with E-state index in [0.29, 0.717) is 0 Å². The molecule has 2 aliphatic heterocycles. The fraction of sp³-hybridized carbons (Fsp3) is 0.462. The van der Waals surface area contributed by atoms with Gasteiger partial charge in [0, 0.05) is 17.7 Å². The van der Waals surface area contributed by atoms with Crippen molar-refractivity contribution in [3.63, 3.8) is 0 Å². The predicted molar refractivity (Wildman–Crippen MR) is 71.6 cm³/mol. The Morgan fingerprint density at radius 1 is 1.42 bits per heavy atom. The largest absolute Gasteiger partial charge is 0.465 e. The summed E-state index contributed by atoms with van der Waals surface area (Å²) in [6.07, 6.45) is -6.97. The highest BCUT2D eigenvalue weighted by molar-refractivity contribution is 5.73. The van der Waals surface area contributed by atoms with Gasteiger partial charge in [-0.3, -0.25) is 10.1 Å². The highest BCUT2D eigenvalue weighted by Crippen LogP contribution is 2.50.